The van der Waals surface area contributed by atoms with E-state index < -0.39 is 0 Å². The summed E-state index contributed by atoms with van der Waals surface area (Å²) in [6, 6.07) is 14.8. The number of aromatic nitrogens is 2. The summed E-state index contributed by atoms with van der Waals surface area (Å²) in [6.45, 7) is 4.30. The van der Waals surface area contributed by atoms with Gasteiger partial charge >= 0.3 is 0 Å². The number of anilines is 2. The van der Waals surface area contributed by atoms with Gasteiger partial charge in [0.25, 0.3) is 0 Å². The monoisotopic (exact) mass is 408 g/mol. The van der Waals surface area contributed by atoms with Gasteiger partial charge < -0.3 is 11.1 Å². The quantitative estimate of drug-likeness (QED) is 0.530. The number of hydrogen-bond acceptors (Lipinski definition) is 4. The first-order valence-corrected chi connectivity index (χ1v) is 10.1. The number of halogens is 1. The van der Waals surface area contributed by atoms with Crippen molar-refractivity contribution in [3.05, 3.63) is 71.0 Å². The molecule has 3 N–H and O–H groups in total. The summed E-state index contributed by atoms with van der Waals surface area (Å²) in [5.41, 5.74) is 9.86. The van der Waals surface area contributed by atoms with Crippen LogP contribution in [0.5, 0.6) is 0 Å². The maximum atomic E-state index is 12.5. The summed E-state index contributed by atoms with van der Waals surface area (Å²) in [6.07, 6.45) is 3.69. The van der Waals surface area contributed by atoms with E-state index in [9.17, 15) is 4.79 Å². The van der Waals surface area contributed by atoms with Gasteiger partial charge in [-0.1, -0.05) is 56.1 Å². The van der Waals surface area contributed by atoms with Crippen LogP contribution < -0.4 is 11.1 Å². The van der Waals surface area contributed by atoms with Crippen LogP contribution in [0.2, 0.25) is 5.02 Å². The lowest BCUT2D eigenvalue weighted by Crippen LogP contribution is -2.18. The molecule has 0 saturated heterocycles. The van der Waals surface area contributed by atoms with E-state index in [1.165, 1.54) is 0 Å². The average molecular weight is 409 g/mol. The highest BCUT2D eigenvalue weighted by Crippen LogP contribution is 2.23. The third-order valence-corrected chi connectivity index (χ3v) is 5.08. The van der Waals surface area contributed by atoms with Crippen LogP contribution in [0.1, 0.15) is 31.5 Å². The molecule has 150 valence electrons. The van der Waals surface area contributed by atoms with Gasteiger partial charge in [-0.3, -0.25) is 4.79 Å². The summed E-state index contributed by atoms with van der Waals surface area (Å²) < 4.78 is 0. The van der Waals surface area contributed by atoms with Crippen molar-refractivity contribution < 1.29 is 4.79 Å². The van der Waals surface area contributed by atoms with Crippen LogP contribution in [0.25, 0.3) is 11.3 Å². The molecule has 0 spiro atoms. The summed E-state index contributed by atoms with van der Waals surface area (Å²) in [7, 11) is 0. The zero-order valence-corrected chi connectivity index (χ0v) is 17.4. The molecule has 1 heterocycles. The molecule has 1 atom stereocenters. The van der Waals surface area contributed by atoms with E-state index in [-0.39, 0.29) is 12.3 Å². The van der Waals surface area contributed by atoms with Gasteiger partial charge in [0.05, 0.1) is 24.0 Å². The van der Waals surface area contributed by atoms with Crippen LogP contribution >= 0.6 is 11.6 Å². The van der Waals surface area contributed by atoms with Crippen molar-refractivity contribution >= 4 is 29.0 Å². The second-order valence-corrected chi connectivity index (χ2v) is 7.68. The lowest BCUT2D eigenvalue weighted by atomic mass is 10.0. The Morgan fingerprint density at radius 2 is 1.83 bits per heavy atom. The van der Waals surface area contributed by atoms with E-state index >= 15 is 0 Å². The number of nitrogens with one attached hydrogen (secondary N) is 1. The Morgan fingerprint density at radius 3 is 2.48 bits per heavy atom. The van der Waals surface area contributed by atoms with Crippen LogP contribution in [0.4, 0.5) is 11.5 Å². The fourth-order valence-electron chi connectivity index (χ4n) is 2.91. The number of carbonyl (C=O) groups excluding carboxylic acids is 1. The van der Waals surface area contributed by atoms with E-state index in [1.54, 1.807) is 18.3 Å². The Labute approximate surface area is 176 Å². The fourth-order valence-corrected chi connectivity index (χ4v) is 3.03. The second-order valence-electron chi connectivity index (χ2n) is 7.24. The van der Waals surface area contributed by atoms with Crippen molar-refractivity contribution in [2.24, 2.45) is 5.92 Å². The minimum absolute atomic E-state index is 0.132. The molecule has 0 bridgehead atoms. The Bertz CT molecular complexity index is 971. The molecular formula is C23H25ClN4O. The first-order chi connectivity index (χ1) is 13.9. The van der Waals surface area contributed by atoms with Gasteiger partial charge in [0.1, 0.15) is 0 Å². The number of nitrogens with two attached hydrogens (primary N) is 1. The molecule has 0 aliphatic rings. The van der Waals surface area contributed by atoms with Gasteiger partial charge in [-0.2, -0.15) is 0 Å². The Balaban J connectivity index is 1.83. The lowest BCUT2D eigenvalue weighted by Gasteiger charge is -2.14. The maximum absolute atomic E-state index is 12.5. The second kappa shape index (κ2) is 9.52. The highest BCUT2D eigenvalue weighted by Gasteiger charge is 2.15. The van der Waals surface area contributed by atoms with E-state index in [0.717, 1.165) is 35.4 Å². The van der Waals surface area contributed by atoms with Crippen LogP contribution in [0.3, 0.4) is 0 Å². The zero-order valence-electron chi connectivity index (χ0n) is 16.7. The molecule has 3 aromatic rings. The van der Waals surface area contributed by atoms with Crippen LogP contribution in [0, 0.1) is 5.92 Å². The predicted molar refractivity (Wildman–Crippen MR) is 119 cm³/mol. The van der Waals surface area contributed by atoms with Crippen molar-refractivity contribution in [3.63, 3.8) is 0 Å². The normalized spacial score (nSPS) is 11.8. The predicted octanol–water partition coefficient (Wildman–Crippen LogP) is 5.15. The molecule has 5 nitrogen and oxygen atoms in total. The van der Waals surface area contributed by atoms with Crippen molar-refractivity contribution in [1.29, 1.82) is 0 Å². The summed E-state index contributed by atoms with van der Waals surface area (Å²) in [4.78, 5) is 21.9. The SMILES string of the molecule is CCC(C)Cc1nc(-c2ccc(N)cc2)cnc1NC(=O)Cc1ccc(Cl)cc1. The van der Waals surface area contributed by atoms with Crippen molar-refractivity contribution in [2.75, 3.05) is 11.1 Å². The zero-order chi connectivity index (χ0) is 20.8. The lowest BCUT2D eigenvalue weighted by molar-refractivity contribution is -0.115. The minimum atomic E-state index is -0.132. The smallest absolute Gasteiger partial charge is 0.229 e. The van der Waals surface area contributed by atoms with Gasteiger partial charge in [-0.15, -0.1) is 0 Å². The molecule has 1 amide bonds. The number of nitrogen functional groups attached to an aromatic ring is 1. The third-order valence-electron chi connectivity index (χ3n) is 4.83. The number of carbonyl (C=O) groups is 1. The third kappa shape index (κ3) is 5.78. The molecule has 1 aromatic heterocycles. The molecule has 0 fully saturated rings. The molecule has 0 aliphatic carbocycles. The molecule has 3 rings (SSSR count). The molecule has 6 heteroatoms. The van der Waals surface area contributed by atoms with Crippen LogP contribution in [-0.4, -0.2) is 15.9 Å². The summed E-state index contributed by atoms with van der Waals surface area (Å²) in [5, 5.41) is 3.57. The minimum Gasteiger partial charge on any atom is -0.399 e. The van der Waals surface area contributed by atoms with E-state index in [4.69, 9.17) is 22.3 Å². The molecule has 0 radical (unpaired) electrons. The molecule has 1 unspecified atom stereocenters. The summed E-state index contributed by atoms with van der Waals surface area (Å²) >= 11 is 5.91. The molecular weight excluding hydrogens is 384 g/mol. The molecule has 29 heavy (non-hydrogen) atoms. The van der Waals surface area contributed by atoms with Gasteiger partial charge in [-0.05, 0) is 42.2 Å². The topological polar surface area (TPSA) is 80.9 Å². The number of rotatable bonds is 7. The number of hydrogen-bond donors (Lipinski definition) is 2. The largest absolute Gasteiger partial charge is 0.399 e. The molecule has 0 saturated carbocycles. The molecule has 0 aliphatic heterocycles. The number of amides is 1. The first kappa shape index (κ1) is 20.8. The maximum Gasteiger partial charge on any atom is 0.229 e. The van der Waals surface area contributed by atoms with Gasteiger partial charge in [0.2, 0.25) is 5.91 Å². The van der Waals surface area contributed by atoms with Gasteiger partial charge in [0, 0.05) is 16.3 Å². The van der Waals surface area contributed by atoms with Crippen molar-refractivity contribution in [3.8, 4) is 11.3 Å². The highest BCUT2D eigenvalue weighted by atomic mass is 35.5. The summed E-state index contributed by atoms with van der Waals surface area (Å²) in [5.74, 6) is 0.814. The number of benzene rings is 2. The molecule has 2 aromatic carbocycles. The van der Waals surface area contributed by atoms with Gasteiger partial charge in [-0.25, -0.2) is 9.97 Å². The van der Waals surface area contributed by atoms with Crippen molar-refractivity contribution in [1.82, 2.24) is 9.97 Å². The Kier molecular flexibility index (Phi) is 6.83. The number of nitrogens with zero attached hydrogens (tertiary/aromatic N) is 2. The average Bonchev–Trinajstić information content (AvgIpc) is 2.71. The standard InChI is InChI=1S/C23H25ClN4O/c1-3-15(2)12-20-23(28-22(29)13-16-4-8-18(24)9-5-16)26-14-21(27-20)17-6-10-19(25)11-7-17/h4-11,14-15H,3,12-13,25H2,1-2H3,(H,26,28,29). The fraction of sp³-hybridized carbons (Fsp3) is 0.261. The first-order valence-electron chi connectivity index (χ1n) is 9.70. The Morgan fingerprint density at radius 1 is 1.14 bits per heavy atom. The highest BCUT2D eigenvalue weighted by molar-refractivity contribution is 6.30. The van der Waals surface area contributed by atoms with Gasteiger partial charge in [0.15, 0.2) is 5.82 Å². The van der Waals surface area contributed by atoms with E-state index in [2.05, 4.69) is 24.1 Å². The van der Waals surface area contributed by atoms with Crippen molar-refractivity contribution in [2.45, 2.75) is 33.1 Å². The van der Waals surface area contributed by atoms with Crippen LogP contribution in [0.15, 0.2) is 54.7 Å². The Hall–Kier alpha value is -2.92. The van der Waals surface area contributed by atoms with E-state index in [0.29, 0.717) is 22.4 Å². The van der Waals surface area contributed by atoms with E-state index in [1.807, 2.05) is 36.4 Å². The van der Waals surface area contributed by atoms with Crippen LogP contribution in [-0.2, 0) is 17.6 Å².